The molecular weight excluding hydrogens is 616 g/mol. The lowest BCUT2D eigenvalue weighted by molar-refractivity contribution is 0.0779. The number of nitrogens with zero attached hydrogens (tertiary/aromatic N) is 4. The van der Waals surface area contributed by atoms with Crippen LogP contribution in [0.5, 0.6) is 0 Å². The van der Waals surface area contributed by atoms with Crippen molar-refractivity contribution in [1.29, 1.82) is 0 Å². The Bertz CT molecular complexity index is 1730. The van der Waals surface area contributed by atoms with Crippen molar-refractivity contribution in [2.24, 2.45) is 0 Å². The van der Waals surface area contributed by atoms with E-state index in [1.165, 1.54) is 25.2 Å². The molecule has 0 saturated carbocycles. The quantitative estimate of drug-likeness (QED) is 0.152. The molecule has 11 nitrogen and oxygen atoms in total. The number of benzene rings is 3. The largest absolute Gasteiger partial charge is 0.389 e. The van der Waals surface area contributed by atoms with Gasteiger partial charge in [0.2, 0.25) is 10.0 Å². The van der Waals surface area contributed by atoms with Gasteiger partial charge < -0.3 is 15.7 Å². The van der Waals surface area contributed by atoms with Crippen molar-refractivity contribution in [2.75, 3.05) is 17.6 Å². The average Bonchev–Trinajstić information content (AvgIpc) is 3.51. The van der Waals surface area contributed by atoms with Gasteiger partial charge in [-0.25, -0.2) is 13.1 Å². The van der Waals surface area contributed by atoms with Crippen molar-refractivity contribution in [3.63, 3.8) is 0 Å². The summed E-state index contributed by atoms with van der Waals surface area (Å²) in [6.07, 6.45) is 6.12. The Morgan fingerprint density at radius 1 is 0.936 bits per heavy atom. The second kappa shape index (κ2) is 16.3. The number of sulfonamides is 1. The summed E-state index contributed by atoms with van der Waals surface area (Å²) in [6, 6.07) is 22.1. The summed E-state index contributed by atoms with van der Waals surface area (Å²) in [6.45, 7) is 4.07. The number of amides is 2. The fourth-order valence-corrected chi connectivity index (χ4v) is 5.66. The molecule has 12 heteroatoms. The van der Waals surface area contributed by atoms with Crippen molar-refractivity contribution in [3.05, 3.63) is 113 Å². The molecule has 3 aromatic carbocycles. The highest BCUT2D eigenvalue weighted by Crippen LogP contribution is 2.22. The fourth-order valence-electron chi connectivity index (χ4n) is 5.17. The van der Waals surface area contributed by atoms with Gasteiger partial charge in [0.15, 0.2) is 0 Å². The molecule has 2 amide bonds. The molecule has 3 atom stereocenters. The molecule has 0 aliphatic heterocycles. The summed E-state index contributed by atoms with van der Waals surface area (Å²) in [5.74, 6) is -1.04. The van der Waals surface area contributed by atoms with E-state index in [1.54, 1.807) is 4.68 Å². The molecule has 4 rings (SSSR count). The second-order valence-corrected chi connectivity index (χ2v) is 13.8. The second-order valence-electron chi connectivity index (χ2n) is 11.8. The Balaban J connectivity index is 1.60. The van der Waals surface area contributed by atoms with Crippen molar-refractivity contribution in [3.8, 4) is 0 Å². The van der Waals surface area contributed by atoms with Crippen LogP contribution >= 0.6 is 0 Å². The number of rotatable bonds is 16. The van der Waals surface area contributed by atoms with Crippen molar-refractivity contribution >= 4 is 27.5 Å². The molecule has 0 radical (unpaired) electrons. The molecular formula is C35H44N6O5S. The molecule has 3 N–H and O–H groups in total. The highest BCUT2D eigenvalue weighted by molar-refractivity contribution is 7.92. The van der Waals surface area contributed by atoms with Gasteiger partial charge in [-0.3, -0.25) is 13.9 Å². The molecule has 47 heavy (non-hydrogen) atoms. The van der Waals surface area contributed by atoms with Gasteiger partial charge in [-0.05, 0) is 55.5 Å². The smallest absolute Gasteiger partial charge is 0.251 e. The first-order valence-corrected chi connectivity index (χ1v) is 17.7. The van der Waals surface area contributed by atoms with Crippen LogP contribution in [0.4, 0.5) is 5.69 Å². The molecule has 1 heterocycles. The third-order valence-corrected chi connectivity index (χ3v) is 9.23. The third-order valence-electron chi connectivity index (χ3n) is 8.03. The number of aliphatic hydroxyl groups excluding tert-OH is 1. The molecule has 0 spiro atoms. The van der Waals surface area contributed by atoms with Crippen LogP contribution in [0.3, 0.4) is 0 Å². The summed E-state index contributed by atoms with van der Waals surface area (Å²) >= 11 is 0. The van der Waals surface area contributed by atoms with Gasteiger partial charge in [-0.2, -0.15) is 0 Å². The zero-order valence-corrected chi connectivity index (χ0v) is 28.2. The Hall–Kier alpha value is -4.55. The van der Waals surface area contributed by atoms with E-state index in [-0.39, 0.29) is 29.4 Å². The average molecular weight is 661 g/mol. The van der Waals surface area contributed by atoms with Crippen LogP contribution in [0.15, 0.2) is 85.1 Å². The van der Waals surface area contributed by atoms with E-state index in [2.05, 4.69) is 27.9 Å². The molecule has 0 bridgehead atoms. The first-order valence-electron chi connectivity index (χ1n) is 15.8. The molecule has 1 aromatic heterocycles. The predicted molar refractivity (Wildman–Crippen MR) is 183 cm³/mol. The fraction of sp³-hybridized carbons (Fsp3) is 0.371. The van der Waals surface area contributed by atoms with Crippen LogP contribution in [-0.4, -0.2) is 65.8 Å². The minimum Gasteiger partial charge on any atom is -0.389 e. The Kier molecular flexibility index (Phi) is 12.3. The normalized spacial score (nSPS) is 13.4. The summed E-state index contributed by atoms with van der Waals surface area (Å²) in [5, 5.41) is 25.7. The van der Waals surface area contributed by atoms with Crippen molar-refractivity contribution < 1.29 is 23.1 Å². The molecule has 4 aromatic rings. The number of carbonyl (C=O) groups excluding carboxylic acids is 2. The minimum absolute atomic E-state index is 0.0692. The van der Waals surface area contributed by atoms with Crippen LogP contribution in [0.2, 0.25) is 0 Å². The Morgan fingerprint density at radius 2 is 1.55 bits per heavy atom. The monoisotopic (exact) mass is 660 g/mol. The lowest BCUT2D eigenvalue weighted by atomic mass is 10.00. The molecule has 0 fully saturated rings. The van der Waals surface area contributed by atoms with Gasteiger partial charge in [0.05, 0.1) is 42.4 Å². The maximum atomic E-state index is 13.8. The number of aliphatic hydroxyl groups is 1. The standard InChI is InChI=1S/C35H44N6O5S/c1-5-6-9-18-30-23-41(39-38-30)24-33(42)32(19-26-14-10-7-11-15-26)37-35(44)29-20-28(21-31(22-29)40(3)47(4,45)46)34(43)36-25(2)27-16-12-8-13-17-27/h7-8,10-17,20-23,25,32-33,42H,5-6,9,18-19,24H2,1-4H3,(H,36,43)(H,37,44)/t25-,32+,33+/m1/s1. The number of aromatic nitrogens is 3. The zero-order valence-electron chi connectivity index (χ0n) is 27.3. The van der Waals surface area contributed by atoms with Crippen molar-refractivity contribution in [1.82, 2.24) is 25.6 Å². The van der Waals surface area contributed by atoms with E-state index in [1.807, 2.05) is 73.8 Å². The number of aryl methyl sites for hydroxylation is 1. The Labute approximate surface area is 277 Å². The highest BCUT2D eigenvalue weighted by Gasteiger charge is 2.26. The summed E-state index contributed by atoms with van der Waals surface area (Å²) in [4.78, 5) is 27.3. The maximum absolute atomic E-state index is 13.8. The van der Waals surface area contributed by atoms with Gasteiger partial charge in [0.25, 0.3) is 11.8 Å². The molecule has 0 aliphatic rings. The number of carbonyl (C=O) groups is 2. The van der Waals surface area contributed by atoms with E-state index in [0.29, 0.717) is 6.42 Å². The maximum Gasteiger partial charge on any atom is 0.251 e. The number of hydrogen-bond donors (Lipinski definition) is 3. The van der Waals surface area contributed by atoms with E-state index in [9.17, 15) is 23.1 Å². The van der Waals surface area contributed by atoms with Crippen LogP contribution in [0.1, 0.15) is 76.7 Å². The van der Waals surface area contributed by atoms with Gasteiger partial charge in [-0.1, -0.05) is 85.6 Å². The molecule has 0 unspecified atom stereocenters. The van der Waals surface area contributed by atoms with E-state index in [0.717, 1.165) is 53.1 Å². The molecule has 0 saturated heterocycles. The summed E-state index contributed by atoms with van der Waals surface area (Å²) in [5.41, 5.74) is 2.96. The number of unbranched alkanes of at least 4 members (excludes halogenated alkanes) is 2. The van der Waals surface area contributed by atoms with Crippen LogP contribution in [-0.2, 0) is 29.4 Å². The van der Waals surface area contributed by atoms with E-state index >= 15 is 0 Å². The van der Waals surface area contributed by atoms with E-state index in [4.69, 9.17) is 0 Å². The van der Waals surface area contributed by atoms with Gasteiger partial charge in [0, 0.05) is 24.4 Å². The summed E-state index contributed by atoms with van der Waals surface area (Å²) < 4.78 is 27.5. The van der Waals surface area contributed by atoms with Crippen LogP contribution in [0, 0.1) is 0 Å². The number of nitrogens with one attached hydrogen (secondary N) is 2. The lowest BCUT2D eigenvalue weighted by Gasteiger charge is -2.25. The third kappa shape index (κ3) is 10.2. The lowest BCUT2D eigenvalue weighted by Crippen LogP contribution is -2.46. The number of anilines is 1. The van der Waals surface area contributed by atoms with E-state index < -0.39 is 34.0 Å². The van der Waals surface area contributed by atoms with Gasteiger partial charge in [0.1, 0.15) is 0 Å². The SMILES string of the molecule is CCCCCc1cn(C[C@H](O)[C@H](Cc2ccccc2)NC(=O)c2cc(C(=O)N[C@H](C)c3ccccc3)cc(N(C)S(C)(=O)=O)c2)nn1. The van der Waals surface area contributed by atoms with Gasteiger partial charge in [-0.15, -0.1) is 5.10 Å². The zero-order chi connectivity index (χ0) is 34.0. The summed E-state index contributed by atoms with van der Waals surface area (Å²) in [7, 11) is -2.35. The van der Waals surface area contributed by atoms with Gasteiger partial charge >= 0.3 is 0 Å². The molecule has 250 valence electrons. The topological polar surface area (TPSA) is 147 Å². The number of hydrogen-bond acceptors (Lipinski definition) is 7. The minimum atomic E-state index is -3.71. The van der Waals surface area contributed by atoms with Crippen molar-refractivity contribution in [2.45, 2.75) is 70.7 Å². The molecule has 0 aliphatic carbocycles. The predicted octanol–water partition coefficient (Wildman–Crippen LogP) is 4.30. The first-order chi connectivity index (χ1) is 22.4. The highest BCUT2D eigenvalue weighted by atomic mass is 32.2. The van der Waals surface area contributed by atoms with Crippen LogP contribution in [0.25, 0.3) is 0 Å². The van der Waals surface area contributed by atoms with Crippen LogP contribution < -0.4 is 14.9 Å². The first kappa shape index (κ1) is 35.3. The Morgan fingerprint density at radius 3 is 2.17 bits per heavy atom.